The maximum absolute atomic E-state index is 9.78. The van der Waals surface area contributed by atoms with Gasteiger partial charge in [0.25, 0.3) is 0 Å². The van der Waals surface area contributed by atoms with Crippen molar-refractivity contribution in [1.82, 2.24) is 0 Å². The molecule has 0 bridgehead atoms. The molecular formula is C58H37N. The molecule has 0 spiro atoms. The van der Waals surface area contributed by atoms with Gasteiger partial charge in [-0.05, 0) is 170 Å². The Bertz CT molecular complexity index is 3710. The van der Waals surface area contributed by atoms with Crippen LogP contribution in [0.3, 0.4) is 0 Å². The predicted octanol–water partition coefficient (Wildman–Crippen LogP) is 16.1. The monoisotopic (exact) mass is 747 g/mol. The van der Waals surface area contributed by atoms with Crippen LogP contribution >= 0.6 is 0 Å². The number of nitrogens with zero attached hydrogens (tertiary/aromatic N) is 1. The molecule has 0 heterocycles. The molecule has 0 unspecified atom stereocenters. The second kappa shape index (κ2) is 12.5. The van der Waals surface area contributed by atoms with E-state index in [1.165, 1.54) is 120 Å². The summed E-state index contributed by atoms with van der Waals surface area (Å²) in [5.41, 5.74) is 14.0. The Morgan fingerprint density at radius 3 is 1.54 bits per heavy atom. The molecule has 0 saturated carbocycles. The number of rotatable bonds is 4. The van der Waals surface area contributed by atoms with Gasteiger partial charge in [-0.1, -0.05) is 158 Å². The highest BCUT2D eigenvalue weighted by molar-refractivity contribution is 6.45. The minimum absolute atomic E-state index is 0.720. The fourth-order valence-electron chi connectivity index (χ4n) is 10.8. The molecule has 0 amide bonds. The SMILES string of the molecule is Cc1cc(-c2cccc(C#N)c2C)cc(C)c1-c1ccc2c3c(-c4ccccc4)c4c(cc5c6ccccc6c6cccc4c65)c(-c4ccccc4)c3c3cccc1c32. The third kappa shape index (κ3) is 4.60. The quantitative estimate of drug-likeness (QED) is 0.165. The van der Waals surface area contributed by atoms with E-state index in [9.17, 15) is 5.26 Å². The number of hydrogen-bond donors (Lipinski definition) is 0. The van der Waals surface area contributed by atoms with Crippen molar-refractivity contribution >= 4 is 75.4 Å². The van der Waals surface area contributed by atoms with Gasteiger partial charge in [0.2, 0.25) is 0 Å². The molecule has 0 aromatic heterocycles. The fraction of sp³-hybridized carbons (Fsp3) is 0.0517. The first-order valence-electron chi connectivity index (χ1n) is 20.5. The van der Waals surface area contributed by atoms with Gasteiger partial charge in [-0.25, -0.2) is 0 Å². The Balaban J connectivity index is 1.26. The molecule has 0 aliphatic heterocycles. The Kier molecular flexibility index (Phi) is 7.11. The molecule has 0 saturated heterocycles. The fourth-order valence-corrected chi connectivity index (χ4v) is 10.8. The van der Waals surface area contributed by atoms with E-state index in [-0.39, 0.29) is 0 Å². The van der Waals surface area contributed by atoms with E-state index < -0.39 is 0 Å². The van der Waals surface area contributed by atoms with E-state index in [1.807, 2.05) is 12.1 Å². The molecule has 0 aliphatic carbocycles. The van der Waals surface area contributed by atoms with Crippen molar-refractivity contribution < 1.29 is 0 Å². The molecule has 274 valence electrons. The summed E-state index contributed by atoms with van der Waals surface area (Å²) in [5.74, 6) is 0. The number of hydrogen-bond acceptors (Lipinski definition) is 1. The third-order valence-corrected chi connectivity index (χ3v) is 13.2. The first kappa shape index (κ1) is 33.6. The molecule has 0 aliphatic rings. The Labute approximate surface area is 342 Å². The Hall–Kier alpha value is -7.53. The zero-order valence-electron chi connectivity index (χ0n) is 33.1. The maximum atomic E-state index is 9.78. The summed E-state index contributed by atoms with van der Waals surface area (Å²) >= 11 is 0. The molecule has 0 N–H and O–H groups in total. The van der Waals surface area contributed by atoms with Crippen LogP contribution in [-0.4, -0.2) is 0 Å². The van der Waals surface area contributed by atoms with Gasteiger partial charge < -0.3 is 0 Å². The van der Waals surface area contributed by atoms with Crippen LogP contribution in [0.15, 0.2) is 170 Å². The molecule has 12 aromatic carbocycles. The minimum Gasteiger partial charge on any atom is -0.192 e. The number of nitriles is 1. The number of aryl methyl sites for hydroxylation is 2. The van der Waals surface area contributed by atoms with Gasteiger partial charge in [0, 0.05) is 0 Å². The molecule has 59 heavy (non-hydrogen) atoms. The normalized spacial score (nSPS) is 12.0. The highest BCUT2D eigenvalue weighted by atomic mass is 14.3. The summed E-state index contributed by atoms with van der Waals surface area (Å²) in [6.45, 7) is 6.53. The molecular weight excluding hydrogens is 711 g/mol. The van der Waals surface area contributed by atoms with Crippen LogP contribution in [0.5, 0.6) is 0 Å². The maximum Gasteiger partial charge on any atom is 0.0994 e. The molecule has 1 nitrogen and oxygen atoms in total. The van der Waals surface area contributed by atoms with Gasteiger partial charge in [0.1, 0.15) is 0 Å². The molecule has 0 radical (unpaired) electrons. The van der Waals surface area contributed by atoms with Gasteiger partial charge in [0.05, 0.1) is 11.6 Å². The summed E-state index contributed by atoms with van der Waals surface area (Å²) in [4.78, 5) is 0. The molecule has 12 aromatic rings. The number of benzene rings is 10. The lowest BCUT2D eigenvalue weighted by atomic mass is 9.84. The highest BCUT2D eigenvalue weighted by Gasteiger charge is 2.27. The van der Waals surface area contributed by atoms with Gasteiger partial charge in [0.15, 0.2) is 0 Å². The van der Waals surface area contributed by atoms with E-state index in [1.54, 1.807) is 0 Å². The summed E-state index contributed by atoms with van der Waals surface area (Å²) in [5, 5.41) is 28.0. The average Bonchev–Trinajstić information content (AvgIpc) is 3.78. The summed E-state index contributed by atoms with van der Waals surface area (Å²) < 4.78 is 0. The molecule has 0 atom stereocenters. The Morgan fingerprint density at radius 2 is 0.847 bits per heavy atom. The smallest absolute Gasteiger partial charge is 0.0994 e. The van der Waals surface area contributed by atoms with Crippen molar-refractivity contribution in [2.24, 2.45) is 0 Å². The molecule has 12 rings (SSSR count). The van der Waals surface area contributed by atoms with Crippen molar-refractivity contribution in [3.05, 3.63) is 192 Å². The lowest BCUT2D eigenvalue weighted by Crippen LogP contribution is -1.94. The third-order valence-electron chi connectivity index (χ3n) is 13.2. The van der Waals surface area contributed by atoms with Gasteiger partial charge in [-0.3, -0.25) is 0 Å². The van der Waals surface area contributed by atoms with E-state index in [4.69, 9.17) is 0 Å². The highest BCUT2D eigenvalue weighted by Crippen LogP contribution is 2.55. The largest absolute Gasteiger partial charge is 0.192 e. The van der Waals surface area contributed by atoms with Crippen LogP contribution < -0.4 is 0 Å². The van der Waals surface area contributed by atoms with Crippen molar-refractivity contribution in [2.75, 3.05) is 0 Å². The van der Waals surface area contributed by atoms with Crippen LogP contribution in [0.25, 0.3) is 120 Å². The molecule has 0 fully saturated rings. The first-order chi connectivity index (χ1) is 29.0. The van der Waals surface area contributed by atoms with Crippen LogP contribution in [0.1, 0.15) is 22.3 Å². The minimum atomic E-state index is 0.720. The van der Waals surface area contributed by atoms with Crippen LogP contribution in [0, 0.1) is 32.1 Å². The van der Waals surface area contributed by atoms with E-state index in [0.29, 0.717) is 0 Å². The topological polar surface area (TPSA) is 23.8 Å². The summed E-state index contributed by atoms with van der Waals surface area (Å²) in [6.07, 6.45) is 0. The first-order valence-corrected chi connectivity index (χ1v) is 20.5. The second-order valence-electron chi connectivity index (χ2n) is 16.3. The van der Waals surface area contributed by atoms with Crippen molar-refractivity contribution in [1.29, 1.82) is 5.26 Å². The van der Waals surface area contributed by atoms with Crippen molar-refractivity contribution in [3.8, 4) is 50.6 Å². The standard InChI is InChI=1S/C58H37N/c1-33-29-39(40-22-12-19-38(32-59)35(40)3)30-34(2)51(33)45-27-28-48-54-44(45)24-14-26-47(54)57-52(36-15-6-4-7-16-36)50-31-49-42-21-11-10-20-41(42)43-23-13-25-46(55(43)49)56(50)53(58(48)57)37-17-8-5-9-18-37/h4-31H,1-3H3. The van der Waals surface area contributed by atoms with E-state index in [2.05, 4.69) is 185 Å². The van der Waals surface area contributed by atoms with E-state index in [0.717, 1.165) is 22.3 Å². The average molecular weight is 748 g/mol. The summed E-state index contributed by atoms with van der Waals surface area (Å²) in [7, 11) is 0. The zero-order chi connectivity index (χ0) is 39.5. The van der Waals surface area contributed by atoms with Crippen molar-refractivity contribution in [2.45, 2.75) is 20.8 Å². The Morgan fingerprint density at radius 1 is 0.322 bits per heavy atom. The molecule has 1 heteroatoms. The number of fused-ring (bicyclic) bond motifs is 8. The predicted molar refractivity (Wildman–Crippen MR) is 252 cm³/mol. The van der Waals surface area contributed by atoms with E-state index >= 15 is 0 Å². The van der Waals surface area contributed by atoms with Crippen LogP contribution in [0.2, 0.25) is 0 Å². The van der Waals surface area contributed by atoms with Gasteiger partial charge >= 0.3 is 0 Å². The van der Waals surface area contributed by atoms with Crippen LogP contribution in [0.4, 0.5) is 0 Å². The van der Waals surface area contributed by atoms with Gasteiger partial charge in [-0.2, -0.15) is 5.26 Å². The van der Waals surface area contributed by atoms with Crippen molar-refractivity contribution in [3.63, 3.8) is 0 Å². The lowest BCUT2D eigenvalue weighted by molar-refractivity contribution is 1.35. The zero-order valence-corrected chi connectivity index (χ0v) is 33.1. The summed E-state index contributed by atoms with van der Waals surface area (Å²) in [6, 6.07) is 65.3. The van der Waals surface area contributed by atoms with Gasteiger partial charge in [-0.15, -0.1) is 0 Å². The lowest BCUT2D eigenvalue weighted by Gasteiger charge is -2.19. The van der Waals surface area contributed by atoms with Crippen LogP contribution in [-0.2, 0) is 0 Å². The second-order valence-corrected chi connectivity index (χ2v) is 16.3.